The summed E-state index contributed by atoms with van der Waals surface area (Å²) in [5.41, 5.74) is 1.23. The topological polar surface area (TPSA) is 54.5 Å². The molecule has 0 amide bonds. The Morgan fingerprint density at radius 3 is 2.33 bits per heavy atom. The first kappa shape index (κ1) is 17.1. The summed E-state index contributed by atoms with van der Waals surface area (Å²) in [6.45, 7) is 11.2. The number of hydrogen-bond donors (Lipinski definition) is 2. The van der Waals surface area contributed by atoms with Gasteiger partial charge in [-0.25, -0.2) is 4.39 Å². The second-order valence-corrected chi connectivity index (χ2v) is 7.42. The molecule has 1 aliphatic rings. The fourth-order valence-corrected chi connectivity index (χ4v) is 3.04. The second-order valence-electron chi connectivity index (χ2n) is 7.42. The number of rotatable bonds is 2. The van der Waals surface area contributed by atoms with Crippen LogP contribution in [0.25, 0.3) is 16.5 Å². The SMILES string of the molecule is CC(=C(F)B1OC(C)(C)C(C)(C)O1)c1c(C)[nH]c2ccc(O)cc12. The minimum atomic E-state index is -1.03. The van der Waals surface area contributed by atoms with E-state index in [9.17, 15) is 5.11 Å². The molecule has 1 fully saturated rings. The third-order valence-electron chi connectivity index (χ3n) is 5.16. The fraction of sp³-hybridized carbons (Fsp3) is 0.444. The molecule has 0 radical (unpaired) electrons. The van der Waals surface area contributed by atoms with Crippen LogP contribution in [0.5, 0.6) is 5.75 Å². The van der Waals surface area contributed by atoms with Crippen LogP contribution in [-0.2, 0) is 9.31 Å². The molecule has 6 heteroatoms. The van der Waals surface area contributed by atoms with Crippen molar-refractivity contribution in [3.05, 3.63) is 35.2 Å². The highest BCUT2D eigenvalue weighted by atomic mass is 19.1. The van der Waals surface area contributed by atoms with E-state index in [-0.39, 0.29) is 5.75 Å². The highest BCUT2D eigenvalue weighted by Gasteiger charge is 2.53. The Bertz CT molecular complexity index is 822. The first-order chi connectivity index (χ1) is 11.0. The van der Waals surface area contributed by atoms with Gasteiger partial charge < -0.3 is 19.4 Å². The van der Waals surface area contributed by atoms with Crippen LogP contribution >= 0.6 is 0 Å². The summed E-state index contributed by atoms with van der Waals surface area (Å²) in [6, 6.07) is 5.02. The van der Waals surface area contributed by atoms with Gasteiger partial charge in [-0.15, -0.1) is 0 Å². The summed E-state index contributed by atoms with van der Waals surface area (Å²) in [5, 5.41) is 10.5. The van der Waals surface area contributed by atoms with Crippen LogP contribution in [0.3, 0.4) is 0 Å². The molecule has 2 N–H and O–H groups in total. The lowest BCUT2D eigenvalue weighted by Crippen LogP contribution is -2.41. The van der Waals surface area contributed by atoms with Crippen LogP contribution in [-0.4, -0.2) is 28.4 Å². The number of nitrogens with one attached hydrogen (secondary N) is 1. The molecule has 24 heavy (non-hydrogen) atoms. The number of aromatic hydroxyl groups is 1. The van der Waals surface area contributed by atoms with E-state index in [1.54, 1.807) is 25.1 Å². The van der Waals surface area contributed by atoms with Gasteiger partial charge in [0.2, 0.25) is 0 Å². The number of fused-ring (bicyclic) bond motifs is 1. The number of aryl methyl sites for hydroxylation is 1. The lowest BCUT2D eigenvalue weighted by atomic mass is 9.82. The van der Waals surface area contributed by atoms with Crippen molar-refractivity contribution in [2.24, 2.45) is 0 Å². The lowest BCUT2D eigenvalue weighted by Gasteiger charge is -2.32. The van der Waals surface area contributed by atoms with Gasteiger partial charge in [0.05, 0.1) is 11.2 Å². The number of phenols is 1. The van der Waals surface area contributed by atoms with Crippen molar-refractivity contribution in [2.75, 3.05) is 0 Å². The Morgan fingerprint density at radius 2 is 1.75 bits per heavy atom. The molecule has 3 rings (SSSR count). The highest BCUT2D eigenvalue weighted by Crippen LogP contribution is 2.41. The van der Waals surface area contributed by atoms with Gasteiger partial charge >= 0.3 is 7.12 Å². The van der Waals surface area contributed by atoms with Crippen molar-refractivity contribution in [1.29, 1.82) is 0 Å². The Hall–Kier alpha value is -1.79. The van der Waals surface area contributed by atoms with E-state index in [4.69, 9.17) is 9.31 Å². The molecule has 0 spiro atoms. The molecule has 0 saturated carbocycles. The number of allylic oxidation sites excluding steroid dienone is 1. The van der Waals surface area contributed by atoms with Gasteiger partial charge in [-0.2, -0.15) is 0 Å². The molecule has 4 nitrogen and oxygen atoms in total. The van der Waals surface area contributed by atoms with Crippen LogP contribution < -0.4 is 0 Å². The number of H-pyrrole nitrogens is 1. The van der Waals surface area contributed by atoms with Gasteiger partial charge in [0.1, 0.15) is 11.5 Å². The molecule has 2 aromatic rings. The lowest BCUT2D eigenvalue weighted by molar-refractivity contribution is 0.00578. The molecule has 0 aliphatic carbocycles. The maximum Gasteiger partial charge on any atom is 0.525 e. The zero-order valence-corrected chi connectivity index (χ0v) is 15.0. The second kappa shape index (κ2) is 5.36. The smallest absolute Gasteiger partial charge is 0.508 e. The number of halogens is 1. The zero-order valence-electron chi connectivity index (χ0n) is 15.0. The standard InChI is InChI=1S/C18H23BFNO3/c1-10(16(20)19-23-17(3,4)18(5,6)24-19)15-11(2)21-14-8-7-12(22)9-13(14)15/h7-9,21-22H,1-6H3. The van der Waals surface area contributed by atoms with Gasteiger partial charge in [-0.1, -0.05) is 0 Å². The molecule has 2 heterocycles. The summed E-state index contributed by atoms with van der Waals surface area (Å²) in [7, 11) is -1.03. The molecule has 0 bridgehead atoms. The van der Waals surface area contributed by atoms with Gasteiger partial charge in [-0.3, -0.25) is 0 Å². The monoisotopic (exact) mass is 331 g/mol. The van der Waals surface area contributed by atoms with E-state index < -0.39 is 24.0 Å². The van der Waals surface area contributed by atoms with Gasteiger partial charge in [0, 0.05) is 22.2 Å². The maximum absolute atomic E-state index is 15.1. The van der Waals surface area contributed by atoms with Gasteiger partial charge in [0.25, 0.3) is 0 Å². The van der Waals surface area contributed by atoms with Crippen LogP contribution in [0.15, 0.2) is 23.9 Å². The average Bonchev–Trinajstić information content (AvgIpc) is 2.90. The molecule has 0 unspecified atom stereocenters. The largest absolute Gasteiger partial charge is 0.525 e. The van der Waals surface area contributed by atoms with E-state index >= 15 is 4.39 Å². The summed E-state index contributed by atoms with van der Waals surface area (Å²) < 4.78 is 26.7. The van der Waals surface area contributed by atoms with Crippen molar-refractivity contribution >= 4 is 23.6 Å². The van der Waals surface area contributed by atoms with E-state index in [2.05, 4.69) is 4.98 Å². The van der Waals surface area contributed by atoms with Crippen molar-refractivity contribution < 1.29 is 18.8 Å². The average molecular weight is 331 g/mol. The molecule has 128 valence electrons. The van der Waals surface area contributed by atoms with E-state index in [0.717, 1.165) is 22.2 Å². The predicted molar refractivity (Wildman–Crippen MR) is 94.5 cm³/mol. The van der Waals surface area contributed by atoms with Crippen molar-refractivity contribution in [3.8, 4) is 5.75 Å². The Balaban J connectivity index is 2.08. The van der Waals surface area contributed by atoms with Crippen LogP contribution in [0, 0.1) is 6.92 Å². The fourth-order valence-electron chi connectivity index (χ4n) is 3.04. The van der Waals surface area contributed by atoms with Crippen molar-refractivity contribution in [1.82, 2.24) is 4.98 Å². The number of phenolic OH excluding ortho intramolecular Hbond substituents is 1. The van der Waals surface area contributed by atoms with Crippen molar-refractivity contribution in [3.63, 3.8) is 0 Å². The molecule has 0 atom stereocenters. The third kappa shape index (κ3) is 2.54. The van der Waals surface area contributed by atoms with E-state index in [1.165, 1.54) is 0 Å². The summed E-state index contributed by atoms with van der Waals surface area (Å²) >= 11 is 0. The number of benzene rings is 1. The van der Waals surface area contributed by atoms with Crippen molar-refractivity contribution in [2.45, 2.75) is 52.7 Å². The van der Waals surface area contributed by atoms with E-state index in [0.29, 0.717) is 5.57 Å². The Labute approximate surface area is 141 Å². The molecule has 1 saturated heterocycles. The summed E-state index contributed by atoms with van der Waals surface area (Å²) in [5.74, 6) is 0.145. The predicted octanol–water partition coefficient (Wildman–Crippen LogP) is 4.51. The summed E-state index contributed by atoms with van der Waals surface area (Å²) in [4.78, 5) is 3.22. The van der Waals surface area contributed by atoms with Gasteiger partial charge in [-0.05, 0) is 65.3 Å². The maximum atomic E-state index is 15.1. The molecule has 1 aliphatic heterocycles. The molecule has 1 aromatic heterocycles. The highest BCUT2D eigenvalue weighted by molar-refractivity contribution is 6.55. The van der Waals surface area contributed by atoms with Crippen LogP contribution in [0.2, 0.25) is 0 Å². The quantitative estimate of drug-likeness (QED) is 0.796. The Morgan fingerprint density at radius 1 is 1.17 bits per heavy atom. The van der Waals surface area contributed by atoms with Gasteiger partial charge in [0.15, 0.2) is 0 Å². The number of aromatic nitrogens is 1. The number of hydrogen-bond acceptors (Lipinski definition) is 3. The minimum absolute atomic E-state index is 0.145. The van der Waals surface area contributed by atoms with Crippen LogP contribution in [0.1, 0.15) is 45.9 Å². The molecule has 1 aromatic carbocycles. The zero-order chi connectivity index (χ0) is 17.9. The minimum Gasteiger partial charge on any atom is -0.508 e. The first-order valence-corrected chi connectivity index (χ1v) is 8.07. The van der Waals surface area contributed by atoms with Crippen LogP contribution in [0.4, 0.5) is 4.39 Å². The van der Waals surface area contributed by atoms with E-state index in [1.807, 2.05) is 34.6 Å². The number of aromatic amines is 1. The Kier molecular flexibility index (Phi) is 3.81. The normalized spacial score (nSPS) is 20.5. The first-order valence-electron chi connectivity index (χ1n) is 8.07. The summed E-state index contributed by atoms with van der Waals surface area (Å²) in [6.07, 6.45) is 0. The molecular formula is C18H23BFNO3. The third-order valence-corrected chi connectivity index (χ3v) is 5.16. The molecular weight excluding hydrogens is 308 g/mol.